The predicted octanol–water partition coefficient (Wildman–Crippen LogP) is 1.99. The Morgan fingerprint density at radius 1 is 1.53 bits per heavy atom. The molecule has 0 bridgehead atoms. The Morgan fingerprint density at radius 2 is 2.18 bits per heavy atom. The van der Waals surface area contributed by atoms with E-state index in [2.05, 4.69) is 4.36 Å². The molecule has 0 saturated heterocycles. The standard InChI is InChI=1S/C11H19N3OS2/c1-7(2)4-9(12)11(15)14-17(13)10-6-16-5-8(10)3/h5-7,9H,4,12H2,1-3H3,(H2,13,14,15). The number of amides is 1. The Labute approximate surface area is 109 Å². The van der Waals surface area contributed by atoms with Crippen LogP contribution in [0, 0.1) is 12.8 Å². The minimum Gasteiger partial charge on any atom is -0.320 e. The van der Waals surface area contributed by atoms with Gasteiger partial charge in [0.1, 0.15) is 0 Å². The molecule has 6 heteroatoms. The molecule has 1 amide bonds. The van der Waals surface area contributed by atoms with Crippen LogP contribution >= 0.6 is 11.3 Å². The maximum absolute atomic E-state index is 11.7. The summed E-state index contributed by atoms with van der Waals surface area (Å²) in [6, 6.07) is -0.535. The lowest BCUT2D eigenvalue weighted by molar-refractivity contribution is -0.119. The zero-order valence-electron chi connectivity index (χ0n) is 10.3. The first-order chi connectivity index (χ1) is 7.91. The van der Waals surface area contributed by atoms with Crippen molar-refractivity contribution in [3.8, 4) is 0 Å². The molecule has 0 aromatic carbocycles. The largest absolute Gasteiger partial charge is 0.320 e. The summed E-state index contributed by atoms with van der Waals surface area (Å²) in [5, 5.41) is 9.83. The smallest absolute Gasteiger partial charge is 0.269 e. The van der Waals surface area contributed by atoms with Gasteiger partial charge in [-0.2, -0.15) is 15.7 Å². The highest BCUT2D eigenvalue weighted by Gasteiger charge is 2.15. The minimum atomic E-state index is -0.873. The number of rotatable bonds is 4. The molecular weight excluding hydrogens is 254 g/mol. The van der Waals surface area contributed by atoms with Crippen molar-refractivity contribution in [3.63, 3.8) is 0 Å². The van der Waals surface area contributed by atoms with Gasteiger partial charge in [0.05, 0.1) is 6.04 Å². The second-order valence-corrected chi connectivity index (χ2v) is 6.39. The highest BCUT2D eigenvalue weighted by Crippen LogP contribution is 2.17. The average molecular weight is 273 g/mol. The highest BCUT2D eigenvalue weighted by molar-refractivity contribution is 7.85. The summed E-state index contributed by atoms with van der Waals surface area (Å²) in [4.78, 5) is 12.7. The number of aryl methyl sites for hydroxylation is 1. The van der Waals surface area contributed by atoms with E-state index in [9.17, 15) is 4.79 Å². The number of thiophene rings is 1. The Morgan fingerprint density at radius 3 is 2.65 bits per heavy atom. The van der Waals surface area contributed by atoms with Crippen LogP contribution in [0.25, 0.3) is 0 Å². The third-order valence-corrected chi connectivity index (χ3v) is 4.54. The SMILES string of the molecule is Cc1cscc1S(N)=NC(=O)C(N)CC(C)C. The second-order valence-electron chi connectivity index (χ2n) is 4.40. The molecule has 1 aromatic heterocycles. The Hall–Kier alpha value is -0.560. The fourth-order valence-electron chi connectivity index (χ4n) is 1.39. The summed E-state index contributed by atoms with van der Waals surface area (Å²) >= 11 is 1.57. The van der Waals surface area contributed by atoms with Crippen molar-refractivity contribution in [1.82, 2.24) is 0 Å². The van der Waals surface area contributed by atoms with Gasteiger partial charge in [-0.15, -0.1) is 0 Å². The first-order valence-corrected chi connectivity index (χ1v) is 7.63. The molecule has 0 saturated carbocycles. The molecule has 0 aliphatic carbocycles. The highest BCUT2D eigenvalue weighted by atomic mass is 32.2. The van der Waals surface area contributed by atoms with Crippen molar-refractivity contribution in [2.75, 3.05) is 0 Å². The minimum absolute atomic E-state index is 0.296. The maximum Gasteiger partial charge on any atom is 0.269 e. The first kappa shape index (κ1) is 14.5. The van der Waals surface area contributed by atoms with Crippen molar-refractivity contribution in [2.24, 2.45) is 21.2 Å². The van der Waals surface area contributed by atoms with E-state index in [1.54, 1.807) is 11.3 Å². The number of carbonyl (C=O) groups is 1. The van der Waals surface area contributed by atoms with E-state index in [1.807, 2.05) is 31.5 Å². The number of hydrogen-bond acceptors (Lipinski definition) is 3. The van der Waals surface area contributed by atoms with Gasteiger partial charge < -0.3 is 5.73 Å². The van der Waals surface area contributed by atoms with Crippen LogP contribution in [0.1, 0.15) is 25.8 Å². The average Bonchev–Trinajstić information content (AvgIpc) is 2.63. The van der Waals surface area contributed by atoms with Crippen molar-refractivity contribution in [3.05, 3.63) is 16.3 Å². The normalized spacial score (nSPS) is 15.2. The van der Waals surface area contributed by atoms with E-state index in [0.29, 0.717) is 12.3 Å². The summed E-state index contributed by atoms with van der Waals surface area (Å²) in [5.41, 5.74) is 6.84. The molecule has 0 spiro atoms. The van der Waals surface area contributed by atoms with E-state index in [0.717, 1.165) is 10.5 Å². The number of nitrogens with two attached hydrogens (primary N) is 2. The topological polar surface area (TPSA) is 81.5 Å². The van der Waals surface area contributed by atoms with Crippen LogP contribution in [0.5, 0.6) is 0 Å². The number of hydrogen-bond donors (Lipinski definition) is 2. The van der Waals surface area contributed by atoms with Crippen LogP contribution in [0.15, 0.2) is 20.0 Å². The lowest BCUT2D eigenvalue weighted by atomic mass is 10.0. The third kappa shape index (κ3) is 4.31. The molecule has 96 valence electrons. The van der Waals surface area contributed by atoms with Crippen LogP contribution in [-0.2, 0) is 15.7 Å². The molecule has 2 atom stereocenters. The van der Waals surface area contributed by atoms with E-state index in [4.69, 9.17) is 10.9 Å². The quantitative estimate of drug-likeness (QED) is 0.880. The molecule has 4 N–H and O–H groups in total. The molecule has 4 nitrogen and oxygen atoms in total. The van der Waals surface area contributed by atoms with Gasteiger partial charge in [0.15, 0.2) is 0 Å². The summed E-state index contributed by atoms with van der Waals surface area (Å²) in [7, 11) is -0.873. The summed E-state index contributed by atoms with van der Waals surface area (Å²) in [5.74, 6) is 0.0849. The maximum atomic E-state index is 11.7. The number of carbonyl (C=O) groups excluding carboxylic acids is 1. The summed E-state index contributed by atoms with van der Waals surface area (Å²) < 4.78 is 3.98. The van der Waals surface area contributed by atoms with Crippen LogP contribution in [0.2, 0.25) is 0 Å². The predicted molar refractivity (Wildman–Crippen MR) is 73.7 cm³/mol. The van der Waals surface area contributed by atoms with Gasteiger partial charge >= 0.3 is 0 Å². The Balaban J connectivity index is 2.75. The van der Waals surface area contributed by atoms with Gasteiger partial charge in [0.25, 0.3) is 5.91 Å². The molecule has 1 aromatic rings. The molecular formula is C11H19N3OS2. The number of nitrogens with zero attached hydrogens (tertiary/aromatic N) is 1. The molecule has 2 unspecified atom stereocenters. The van der Waals surface area contributed by atoms with Gasteiger partial charge in [-0.05, 0) is 30.2 Å². The van der Waals surface area contributed by atoms with Gasteiger partial charge in [-0.3, -0.25) is 9.93 Å². The fourth-order valence-corrected chi connectivity index (χ4v) is 3.55. The van der Waals surface area contributed by atoms with Gasteiger partial charge in [-0.25, -0.2) is 0 Å². The molecule has 17 heavy (non-hydrogen) atoms. The fraction of sp³-hybridized carbons (Fsp3) is 0.545. The Bertz CT molecular complexity index is 426. The zero-order valence-corrected chi connectivity index (χ0v) is 12.0. The molecule has 1 rings (SSSR count). The van der Waals surface area contributed by atoms with Crippen LogP contribution in [-0.4, -0.2) is 11.9 Å². The molecule has 0 fully saturated rings. The summed E-state index contributed by atoms with van der Waals surface area (Å²) in [6.45, 7) is 6.02. The van der Waals surface area contributed by atoms with Crippen LogP contribution in [0.4, 0.5) is 0 Å². The molecule has 1 heterocycles. The van der Waals surface area contributed by atoms with Gasteiger partial charge in [-0.1, -0.05) is 13.8 Å². The third-order valence-electron chi connectivity index (χ3n) is 2.26. The summed E-state index contributed by atoms with van der Waals surface area (Å²) in [6.07, 6.45) is 0.641. The van der Waals surface area contributed by atoms with Crippen LogP contribution < -0.4 is 10.9 Å². The molecule has 0 radical (unpaired) electrons. The van der Waals surface area contributed by atoms with Crippen molar-refractivity contribution >= 4 is 28.1 Å². The van der Waals surface area contributed by atoms with Crippen molar-refractivity contribution in [1.29, 1.82) is 0 Å². The molecule has 0 aliphatic heterocycles. The van der Waals surface area contributed by atoms with E-state index >= 15 is 0 Å². The zero-order chi connectivity index (χ0) is 13.0. The van der Waals surface area contributed by atoms with Gasteiger partial charge in [0.2, 0.25) is 0 Å². The van der Waals surface area contributed by atoms with Crippen molar-refractivity contribution in [2.45, 2.75) is 38.1 Å². The van der Waals surface area contributed by atoms with E-state index in [1.165, 1.54) is 0 Å². The van der Waals surface area contributed by atoms with Crippen molar-refractivity contribution < 1.29 is 4.79 Å². The lowest BCUT2D eigenvalue weighted by Crippen LogP contribution is -2.31. The first-order valence-electron chi connectivity index (χ1n) is 5.44. The molecule has 0 aliphatic rings. The van der Waals surface area contributed by atoms with E-state index in [-0.39, 0.29) is 5.91 Å². The van der Waals surface area contributed by atoms with Crippen LogP contribution in [0.3, 0.4) is 0 Å². The second kappa shape index (κ2) is 6.39. The van der Waals surface area contributed by atoms with E-state index < -0.39 is 16.9 Å². The monoisotopic (exact) mass is 273 g/mol. The Kier molecular flexibility index (Phi) is 5.45. The van der Waals surface area contributed by atoms with Gasteiger partial charge in [0, 0.05) is 21.2 Å². The lowest BCUT2D eigenvalue weighted by Gasteiger charge is -2.10.